The smallest absolute Gasteiger partial charge is 0.259 e. The third-order valence-electron chi connectivity index (χ3n) is 6.61. The maximum absolute atomic E-state index is 13.3. The van der Waals surface area contributed by atoms with Crippen molar-refractivity contribution in [3.8, 4) is 16.9 Å². The Hall–Kier alpha value is -3.21. The summed E-state index contributed by atoms with van der Waals surface area (Å²) in [5, 5.41) is 3.59. The molecule has 0 bridgehead atoms. The van der Waals surface area contributed by atoms with Gasteiger partial charge in [-0.25, -0.2) is 15.0 Å². The second kappa shape index (κ2) is 9.02. The van der Waals surface area contributed by atoms with Crippen molar-refractivity contribution in [3.63, 3.8) is 0 Å². The number of nitrogens with zero attached hydrogens (tertiary/aromatic N) is 5. The quantitative estimate of drug-likeness (QED) is 0.357. The highest BCUT2D eigenvalue weighted by molar-refractivity contribution is 7.21. The van der Waals surface area contributed by atoms with Gasteiger partial charge in [0.1, 0.15) is 10.9 Å². The number of hydrogen-bond donors (Lipinski definition) is 1. The van der Waals surface area contributed by atoms with Crippen LogP contribution in [0.15, 0.2) is 30.7 Å². The summed E-state index contributed by atoms with van der Waals surface area (Å²) in [7, 11) is 1.54. The Morgan fingerprint density at radius 3 is 2.83 bits per heavy atom. The van der Waals surface area contributed by atoms with Crippen molar-refractivity contribution < 1.29 is 14.3 Å². The number of thiazole rings is 1. The molecule has 1 saturated carbocycles. The van der Waals surface area contributed by atoms with Crippen molar-refractivity contribution in [2.24, 2.45) is 5.92 Å². The Morgan fingerprint density at radius 2 is 2.06 bits per heavy atom. The first kappa shape index (κ1) is 23.2. The molecule has 2 aliphatic rings. The molecule has 0 radical (unpaired) electrons. The van der Waals surface area contributed by atoms with Gasteiger partial charge in [0.25, 0.3) is 5.91 Å². The Balaban J connectivity index is 1.25. The van der Waals surface area contributed by atoms with E-state index in [1.165, 1.54) is 36.6 Å². The Labute approximate surface area is 216 Å². The zero-order valence-corrected chi connectivity index (χ0v) is 21.3. The number of nitrogens with one attached hydrogen (secondary N) is 1. The van der Waals surface area contributed by atoms with Gasteiger partial charge in [0.2, 0.25) is 0 Å². The third-order valence-corrected chi connectivity index (χ3v) is 7.67. The lowest BCUT2D eigenvalue weighted by molar-refractivity contribution is 0.0873. The normalized spacial score (nSPS) is 18.0. The molecule has 4 aromatic heterocycles. The molecule has 1 amide bonds. The van der Waals surface area contributed by atoms with Crippen LogP contribution in [0, 0.1) is 12.8 Å². The number of rotatable bonds is 6. The fraction of sp³-hybridized carbons (Fsp3) is 0.360. The zero-order chi connectivity index (χ0) is 24.9. The number of hydrogen-bond acceptors (Lipinski definition) is 9. The van der Waals surface area contributed by atoms with Crippen LogP contribution in [-0.4, -0.2) is 50.1 Å². The van der Waals surface area contributed by atoms with Crippen LogP contribution in [0.5, 0.6) is 5.75 Å². The molecule has 1 aliphatic heterocycles. The fourth-order valence-electron chi connectivity index (χ4n) is 4.68. The van der Waals surface area contributed by atoms with Gasteiger partial charge in [-0.3, -0.25) is 15.1 Å². The van der Waals surface area contributed by atoms with E-state index in [2.05, 4.69) is 25.3 Å². The third kappa shape index (κ3) is 4.52. The molecule has 36 heavy (non-hydrogen) atoms. The van der Waals surface area contributed by atoms with E-state index in [9.17, 15) is 4.79 Å². The van der Waals surface area contributed by atoms with Crippen molar-refractivity contribution in [3.05, 3.63) is 52.8 Å². The minimum atomic E-state index is -0.357. The van der Waals surface area contributed by atoms with Gasteiger partial charge in [0.05, 0.1) is 43.0 Å². The first-order valence-corrected chi connectivity index (χ1v) is 12.9. The van der Waals surface area contributed by atoms with Crippen molar-refractivity contribution >= 4 is 44.5 Å². The molecule has 9 nitrogen and oxygen atoms in total. The van der Waals surface area contributed by atoms with Crippen LogP contribution in [0.3, 0.4) is 0 Å². The second-order valence-corrected chi connectivity index (χ2v) is 10.7. The number of amides is 1. The summed E-state index contributed by atoms with van der Waals surface area (Å²) in [6.07, 6.45) is 9.10. The van der Waals surface area contributed by atoms with Gasteiger partial charge in [-0.2, -0.15) is 4.98 Å². The minimum Gasteiger partial charge on any atom is -0.494 e. The average molecular weight is 523 g/mol. The van der Waals surface area contributed by atoms with E-state index in [-0.39, 0.29) is 11.5 Å². The van der Waals surface area contributed by atoms with E-state index in [1.807, 2.05) is 13.0 Å². The minimum absolute atomic E-state index is 0.152. The van der Waals surface area contributed by atoms with Gasteiger partial charge in [0, 0.05) is 23.0 Å². The highest BCUT2D eigenvalue weighted by Gasteiger charge is 2.49. The van der Waals surface area contributed by atoms with E-state index in [0.717, 1.165) is 30.8 Å². The Bertz CT molecular complexity index is 1490. The topological polar surface area (TPSA) is 112 Å². The lowest BCUT2D eigenvalue weighted by atomic mass is 9.99. The molecule has 1 saturated heterocycles. The SMILES string of the molecule is COc1cnc(Cl)cc1-c1cc(C)ncc1C(=O)Nc1nc2ncc(CC3COC4(CC4)C3)nc2s1. The van der Waals surface area contributed by atoms with E-state index in [4.69, 9.17) is 26.1 Å². The number of anilines is 1. The number of aryl methyl sites for hydroxylation is 1. The first-order chi connectivity index (χ1) is 17.4. The summed E-state index contributed by atoms with van der Waals surface area (Å²) in [6, 6.07) is 3.48. The number of aromatic nitrogens is 5. The zero-order valence-electron chi connectivity index (χ0n) is 19.7. The maximum atomic E-state index is 13.3. The number of pyridine rings is 2. The van der Waals surface area contributed by atoms with E-state index in [0.29, 0.717) is 49.1 Å². The molecule has 6 rings (SSSR count). The molecule has 0 aromatic carbocycles. The maximum Gasteiger partial charge on any atom is 0.259 e. The van der Waals surface area contributed by atoms with E-state index < -0.39 is 0 Å². The molecule has 1 N–H and O–H groups in total. The molecule has 1 atom stereocenters. The molecule has 1 spiro atoms. The van der Waals surface area contributed by atoms with Crippen LogP contribution in [-0.2, 0) is 11.2 Å². The lowest BCUT2D eigenvalue weighted by Gasteiger charge is -2.13. The average Bonchev–Trinajstić information content (AvgIpc) is 3.32. The summed E-state index contributed by atoms with van der Waals surface area (Å²) in [4.78, 5) is 36.1. The molecular formula is C25H23ClN6O3S. The lowest BCUT2D eigenvalue weighted by Crippen LogP contribution is -2.14. The Morgan fingerprint density at radius 1 is 1.19 bits per heavy atom. The van der Waals surface area contributed by atoms with Crippen LogP contribution in [0.25, 0.3) is 21.6 Å². The molecule has 1 aliphatic carbocycles. The van der Waals surface area contributed by atoms with Crippen molar-refractivity contribution in [2.75, 3.05) is 19.0 Å². The van der Waals surface area contributed by atoms with E-state index in [1.54, 1.807) is 19.4 Å². The first-order valence-electron chi connectivity index (χ1n) is 11.7. The summed E-state index contributed by atoms with van der Waals surface area (Å²) >= 11 is 7.44. The van der Waals surface area contributed by atoms with Crippen LogP contribution in [0.2, 0.25) is 5.15 Å². The molecular weight excluding hydrogens is 500 g/mol. The highest BCUT2D eigenvalue weighted by atomic mass is 35.5. The van der Waals surface area contributed by atoms with E-state index >= 15 is 0 Å². The molecule has 2 fully saturated rings. The van der Waals surface area contributed by atoms with Gasteiger partial charge < -0.3 is 9.47 Å². The van der Waals surface area contributed by atoms with Gasteiger partial charge in [-0.1, -0.05) is 22.9 Å². The Kier molecular flexibility index (Phi) is 5.82. The number of ether oxygens (including phenoxy) is 2. The molecule has 5 heterocycles. The summed E-state index contributed by atoms with van der Waals surface area (Å²) in [5.41, 5.74) is 3.96. The largest absolute Gasteiger partial charge is 0.494 e. The van der Waals surface area contributed by atoms with Gasteiger partial charge in [-0.05, 0) is 50.7 Å². The predicted octanol–water partition coefficient (Wildman–Crippen LogP) is 4.88. The summed E-state index contributed by atoms with van der Waals surface area (Å²) in [5.74, 6) is 0.613. The van der Waals surface area contributed by atoms with Crippen LogP contribution >= 0.6 is 22.9 Å². The van der Waals surface area contributed by atoms with Gasteiger partial charge in [0.15, 0.2) is 15.6 Å². The van der Waals surface area contributed by atoms with Gasteiger partial charge in [-0.15, -0.1) is 0 Å². The number of methoxy groups -OCH3 is 1. The summed E-state index contributed by atoms with van der Waals surface area (Å²) < 4.78 is 11.4. The van der Waals surface area contributed by atoms with Crippen LogP contribution < -0.4 is 10.1 Å². The number of carbonyl (C=O) groups is 1. The number of fused-ring (bicyclic) bond motifs is 1. The van der Waals surface area contributed by atoms with Crippen molar-refractivity contribution in [2.45, 2.75) is 38.2 Å². The highest BCUT2D eigenvalue weighted by Crippen LogP contribution is 2.49. The standard InChI is InChI=1S/C25H23ClN6O3S/c1-13-5-16(17-7-20(26)28-11-19(17)34-2)18(10-27-13)22(33)32-24-31-21-23(36-24)30-15(9-29-21)6-14-8-25(3-4-25)35-12-14/h5,7,9-11,14H,3-4,6,8,12H2,1-2H3,(H,29,31,32,33). The van der Waals surface area contributed by atoms with Crippen LogP contribution in [0.4, 0.5) is 5.13 Å². The number of halogens is 1. The molecule has 184 valence electrons. The van der Waals surface area contributed by atoms with Crippen LogP contribution in [0.1, 0.15) is 41.0 Å². The molecule has 1 unspecified atom stereocenters. The molecule has 11 heteroatoms. The molecule has 4 aromatic rings. The number of carbonyl (C=O) groups excluding carboxylic acids is 1. The predicted molar refractivity (Wildman–Crippen MR) is 137 cm³/mol. The monoisotopic (exact) mass is 522 g/mol. The van der Waals surface area contributed by atoms with Gasteiger partial charge >= 0.3 is 0 Å². The van der Waals surface area contributed by atoms with Crippen molar-refractivity contribution in [1.82, 2.24) is 24.9 Å². The second-order valence-electron chi connectivity index (χ2n) is 9.31. The summed E-state index contributed by atoms with van der Waals surface area (Å²) in [6.45, 7) is 2.63. The fourth-order valence-corrected chi connectivity index (χ4v) is 5.65. The van der Waals surface area contributed by atoms with Crippen molar-refractivity contribution in [1.29, 1.82) is 0 Å².